The Morgan fingerprint density at radius 1 is 1.15 bits per heavy atom. The zero-order chi connectivity index (χ0) is 14.7. The number of hydrogen-bond donors (Lipinski definition) is 1. The van der Waals surface area contributed by atoms with Crippen LogP contribution < -0.4 is 5.32 Å². The van der Waals surface area contributed by atoms with Crippen molar-refractivity contribution in [3.8, 4) is 0 Å². The van der Waals surface area contributed by atoms with E-state index in [-0.39, 0.29) is 11.6 Å². The van der Waals surface area contributed by atoms with Gasteiger partial charge in [-0.25, -0.2) is 0 Å². The molecule has 1 amide bonds. The molecule has 0 fully saturated rings. The first-order valence-electron chi connectivity index (χ1n) is 6.10. The third kappa shape index (κ3) is 3.00. The minimum Gasteiger partial charge on any atom is -0.322 e. The van der Waals surface area contributed by atoms with E-state index < -0.39 is 4.92 Å². The molecule has 0 aliphatic carbocycles. The molecule has 5 nitrogen and oxygen atoms in total. The lowest BCUT2D eigenvalue weighted by molar-refractivity contribution is -0.385. The quantitative estimate of drug-likeness (QED) is 0.685. The summed E-state index contributed by atoms with van der Waals surface area (Å²) in [6, 6.07) is 11.7. The Balaban J connectivity index is 2.20. The van der Waals surface area contributed by atoms with E-state index in [1.807, 2.05) is 19.1 Å². The number of rotatable bonds is 3. The van der Waals surface area contributed by atoms with Gasteiger partial charge in [0.15, 0.2) is 0 Å². The summed E-state index contributed by atoms with van der Waals surface area (Å²) >= 11 is 0. The Hall–Kier alpha value is -2.69. The fourth-order valence-electron chi connectivity index (χ4n) is 1.93. The number of hydrogen-bond acceptors (Lipinski definition) is 3. The molecule has 0 saturated carbocycles. The summed E-state index contributed by atoms with van der Waals surface area (Å²) in [5, 5.41) is 13.5. The fraction of sp³-hybridized carbons (Fsp3) is 0.133. The molecule has 0 aliphatic rings. The van der Waals surface area contributed by atoms with Crippen molar-refractivity contribution in [3.05, 3.63) is 69.3 Å². The lowest BCUT2D eigenvalue weighted by Crippen LogP contribution is -2.12. The molecule has 0 unspecified atom stereocenters. The van der Waals surface area contributed by atoms with E-state index in [1.165, 1.54) is 12.1 Å². The predicted molar refractivity (Wildman–Crippen MR) is 77.0 cm³/mol. The average molecular weight is 270 g/mol. The highest BCUT2D eigenvalue weighted by Crippen LogP contribution is 2.22. The van der Waals surface area contributed by atoms with Gasteiger partial charge in [-0.2, -0.15) is 0 Å². The lowest BCUT2D eigenvalue weighted by Gasteiger charge is -2.07. The van der Waals surface area contributed by atoms with Crippen LogP contribution in [0.5, 0.6) is 0 Å². The van der Waals surface area contributed by atoms with Gasteiger partial charge >= 0.3 is 0 Å². The molecule has 2 aromatic carbocycles. The van der Waals surface area contributed by atoms with Gasteiger partial charge in [-0.05, 0) is 38.1 Å². The Kier molecular flexibility index (Phi) is 3.79. The first-order valence-corrected chi connectivity index (χ1v) is 6.10. The molecule has 0 bridgehead atoms. The van der Waals surface area contributed by atoms with Gasteiger partial charge in [-0.3, -0.25) is 14.9 Å². The van der Waals surface area contributed by atoms with E-state index in [2.05, 4.69) is 5.32 Å². The Labute approximate surface area is 116 Å². The molecule has 5 heteroatoms. The van der Waals surface area contributed by atoms with Crippen LogP contribution in [0, 0.1) is 24.0 Å². The van der Waals surface area contributed by atoms with E-state index in [4.69, 9.17) is 0 Å². The Bertz CT molecular complexity index is 681. The normalized spacial score (nSPS) is 10.1. The molecule has 2 rings (SSSR count). The lowest BCUT2D eigenvalue weighted by atomic mass is 10.1. The summed E-state index contributed by atoms with van der Waals surface area (Å²) in [4.78, 5) is 22.3. The summed E-state index contributed by atoms with van der Waals surface area (Å²) in [7, 11) is 0. The molecule has 0 spiro atoms. The maximum Gasteiger partial charge on any atom is 0.272 e. The van der Waals surface area contributed by atoms with Gasteiger partial charge in [0, 0.05) is 22.9 Å². The highest BCUT2D eigenvalue weighted by Gasteiger charge is 2.12. The number of amides is 1. The van der Waals surface area contributed by atoms with Crippen LogP contribution in [0.1, 0.15) is 21.5 Å². The van der Waals surface area contributed by atoms with Crippen molar-refractivity contribution in [2.75, 3.05) is 5.32 Å². The minimum atomic E-state index is -0.443. The molecule has 0 atom stereocenters. The summed E-state index contributed by atoms with van der Waals surface area (Å²) < 4.78 is 0. The Morgan fingerprint density at radius 3 is 2.50 bits per heavy atom. The van der Waals surface area contributed by atoms with Gasteiger partial charge in [0.25, 0.3) is 11.6 Å². The number of carbonyl (C=O) groups excluding carboxylic acids is 1. The second-order valence-electron chi connectivity index (χ2n) is 4.58. The van der Waals surface area contributed by atoms with Gasteiger partial charge in [0.2, 0.25) is 0 Å². The topological polar surface area (TPSA) is 72.2 Å². The van der Waals surface area contributed by atoms with Crippen molar-refractivity contribution >= 4 is 17.3 Å². The average Bonchev–Trinajstić information content (AvgIpc) is 2.38. The van der Waals surface area contributed by atoms with Gasteiger partial charge in [-0.15, -0.1) is 0 Å². The van der Waals surface area contributed by atoms with Crippen LogP contribution in [0.2, 0.25) is 0 Å². The van der Waals surface area contributed by atoms with Gasteiger partial charge in [0.05, 0.1) is 4.92 Å². The van der Waals surface area contributed by atoms with Crippen LogP contribution in [0.3, 0.4) is 0 Å². The van der Waals surface area contributed by atoms with Crippen molar-refractivity contribution in [2.45, 2.75) is 13.8 Å². The maximum atomic E-state index is 12.1. The van der Waals surface area contributed by atoms with E-state index in [9.17, 15) is 14.9 Å². The number of nitrogens with one attached hydrogen (secondary N) is 1. The zero-order valence-corrected chi connectivity index (χ0v) is 11.2. The van der Waals surface area contributed by atoms with Crippen LogP contribution in [-0.4, -0.2) is 10.8 Å². The number of anilines is 1. The third-order valence-electron chi connectivity index (χ3n) is 2.93. The minimum absolute atomic E-state index is 0.0403. The molecule has 102 valence electrons. The van der Waals surface area contributed by atoms with Crippen molar-refractivity contribution in [3.63, 3.8) is 0 Å². The van der Waals surface area contributed by atoms with Gasteiger partial charge in [-0.1, -0.05) is 17.7 Å². The molecular formula is C15H14N2O3. The molecule has 0 aliphatic heterocycles. The molecule has 0 aromatic heterocycles. The monoisotopic (exact) mass is 270 g/mol. The van der Waals surface area contributed by atoms with E-state index in [1.54, 1.807) is 25.1 Å². The molecule has 20 heavy (non-hydrogen) atoms. The molecule has 2 aromatic rings. The summed E-state index contributed by atoms with van der Waals surface area (Å²) in [5.74, 6) is -0.234. The van der Waals surface area contributed by atoms with Gasteiger partial charge < -0.3 is 5.32 Å². The largest absolute Gasteiger partial charge is 0.322 e. The van der Waals surface area contributed by atoms with E-state index >= 15 is 0 Å². The summed E-state index contributed by atoms with van der Waals surface area (Å²) in [6.45, 7) is 3.55. The van der Waals surface area contributed by atoms with Crippen LogP contribution in [0.4, 0.5) is 11.4 Å². The summed E-state index contributed by atoms with van der Waals surface area (Å²) in [6.07, 6.45) is 0. The zero-order valence-electron chi connectivity index (χ0n) is 11.2. The number of carbonyl (C=O) groups is 1. The fourth-order valence-corrected chi connectivity index (χ4v) is 1.93. The molecule has 1 N–H and O–H groups in total. The van der Waals surface area contributed by atoms with E-state index in [0.717, 1.165) is 5.56 Å². The first kappa shape index (κ1) is 13.7. The molecule has 0 radical (unpaired) electrons. The highest BCUT2D eigenvalue weighted by atomic mass is 16.6. The second kappa shape index (κ2) is 5.52. The number of nitro groups is 1. The number of benzene rings is 2. The second-order valence-corrected chi connectivity index (χ2v) is 4.58. The molecular weight excluding hydrogens is 256 g/mol. The number of nitro benzene ring substituents is 1. The van der Waals surface area contributed by atoms with Crippen LogP contribution >= 0.6 is 0 Å². The van der Waals surface area contributed by atoms with Crippen molar-refractivity contribution in [1.29, 1.82) is 0 Å². The van der Waals surface area contributed by atoms with Crippen molar-refractivity contribution < 1.29 is 9.72 Å². The van der Waals surface area contributed by atoms with E-state index in [0.29, 0.717) is 16.8 Å². The number of nitrogens with zero attached hydrogens (tertiary/aromatic N) is 1. The standard InChI is InChI=1S/C15H14N2O3/c1-10-4-3-5-12(8-10)15(18)16-13-6-7-14(17(19)20)11(2)9-13/h3-9H,1-2H3,(H,16,18). The summed E-state index contributed by atoms with van der Waals surface area (Å²) in [5.41, 5.74) is 2.65. The SMILES string of the molecule is Cc1cccc(C(=O)Nc2ccc([N+](=O)[O-])c(C)c2)c1. The number of aryl methyl sites for hydroxylation is 2. The van der Waals surface area contributed by atoms with Crippen LogP contribution in [0.15, 0.2) is 42.5 Å². The van der Waals surface area contributed by atoms with Crippen LogP contribution in [-0.2, 0) is 0 Å². The van der Waals surface area contributed by atoms with Gasteiger partial charge in [0.1, 0.15) is 0 Å². The Morgan fingerprint density at radius 2 is 1.90 bits per heavy atom. The molecule has 0 heterocycles. The third-order valence-corrected chi connectivity index (χ3v) is 2.93. The van der Waals surface area contributed by atoms with Crippen molar-refractivity contribution in [1.82, 2.24) is 0 Å². The predicted octanol–water partition coefficient (Wildman–Crippen LogP) is 3.46. The highest BCUT2D eigenvalue weighted by molar-refractivity contribution is 6.04. The maximum absolute atomic E-state index is 12.1. The van der Waals surface area contributed by atoms with Crippen molar-refractivity contribution in [2.24, 2.45) is 0 Å². The smallest absolute Gasteiger partial charge is 0.272 e. The van der Waals surface area contributed by atoms with Crippen LogP contribution in [0.25, 0.3) is 0 Å². The molecule has 0 saturated heterocycles. The first-order chi connectivity index (χ1) is 9.47.